The standard InChI is InChI=1S/C10H11F3Si/c1-6-4-3-5-8(7(6)2)14-10(13)9(11)12/h3-5H,14H2,1-2H3. The molecule has 1 aromatic carbocycles. The van der Waals surface area contributed by atoms with Gasteiger partial charge in [-0.05, 0) is 25.0 Å². The lowest BCUT2D eigenvalue weighted by Crippen LogP contribution is -2.19. The molecule has 0 heterocycles. The molecule has 0 fully saturated rings. The van der Waals surface area contributed by atoms with Gasteiger partial charge in [-0.2, -0.15) is 8.78 Å². The zero-order valence-corrected chi connectivity index (χ0v) is 9.49. The van der Waals surface area contributed by atoms with Crippen LogP contribution in [0.3, 0.4) is 0 Å². The second-order valence-corrected chi connectivity index (χ2v) is 4.94. The van der Waals surface area contributed by atoms with Crippen molar-refractivity contribution in [2.45, 2.75) is 13.8 Å². The molecule has 76 valence electrons. The summed E-state index contributed by atoms with van der Waals surface area (Å²) < 4.78 is 36.5. The van der Waals surface area contributed by atoms with Crippen LogP contribution in [0.4, 0.5) is 13.2 Å². The summed E-state index contributed by atoms with van der Waals surface area (Å²) in [4.78, 5) is 0. The normalized spacial score (nSPS) is 10.9. The maximum absolute atomic E-state index is 12.7. The number of hydrogen-bond acceptors (Lipinski definition) is 0. The minimum Gasteiger partial charge on any atom is -0.212 e. The van der Waals surface area contributed by atoms with Gasteiger partial charge < -0.3 is 0 Å². The second-order valence-electron chi connectivity index (χ2n) is 3.20. The molecule has 0 aliphatic rings. The average Bonchev–Trinajstić information content (AvgIpc) is 2.12. The van der Waals surface area contributed by atoms with Crippen LogP contribution in [0.1, 0.15) is 11.1 Å². The van der Waals surface area contributed by atoms with Gasteiger partial charge in [0.1, 0.15) is 15.0 Å². The van der Waals surface area contributed by atoms with Crippen LogP contribution < -0.4 is 5.19 Å². The van der Waals surface area contributed by atoms with Crippen molar-refractivity contribution >= 4 is 14.7 Å². The lowest BCUT2D eigenvalue weighted by molar-refractivity contribution is 0.393. The molecule has 14 heavy (non-hydrogen) atoms. The fourth-order valence-corrected chi connectivity index (χ4v) is 2.50. The Morgan fingerprint density at radius 2 is 1.79 bits per heavy atom. The lowest BCUT2D eigenvalue weighted by Gasteiger charge is -2.05. The van der Waals surface area contributed by atoms with E-state index < -0.39 is 21.1 Å². The Hall–Kier alpha value is -1.03. The van der Waals surface area contributed by atoms with E-state index in [0.29, 0.717) is 0 Å². The monoisotopic (exact) mass is 216 g/mol. The Labute approximate surface area is 83.3 Å². The van der Waals surface area contributed by atoms with Crippen molar-refractivity contribution in [2.75, 3.05) is 0 Å². The SMILES string of the molecule is Cc1cccc([SiH2]C(F)=C(F)F)c1C. The molecule has 0 bridgehead atoms. The van der Waals surface area contributed by atoms with E-state index in [2.05, 4.69) is 0 Å². The highest BCUT2D eigenvalue weighted by Crippen LogP contribution is 2.09. The highest BCUT2D eigenvalue weighted by Gasteiger charge is 2.09. The molecule has 0 aliphatic carbocycles. The zero-order chi connectivity index (χ0) is 10.7. The van der Waals surface area contributed by atoms with Crippen LogP contribution in [0.2, 0.25) is 0 Å². The van der Waals surface area contributed by atoms with E-state index in [0.717, 1.165) is 16.3 Å². The minimum absolute atomic E-state index is 0.746. The fraction of sp³-hybridized carbons (Fsp3) is 0.200. The molecule has 4 heteroatoms. The van der Waals surface area contributed by atoms with Crippen molar-refractivity contribution in [3.8, 4) is 0 Å². The first-order valence-corrected chi connectivity index (χ1v) is 5.68. The Kier molecular flexibility index (Phi) is 3.52. The van der Waals surface area contributed by atoms with Crippen molar-refractivity contribution < 1.29 is 13.2 Å². The molecule has 1 aromatic rings. The fourth-order valence-electron chi connectivity index (χ4n) is 1.24. The molecule has 0 aromatic heterocycles. The molecule has 1 rings (SSSR count). The number of hydrogen-bond donors (Lipinski definition) is 0. The van der Waals surface area contributed by atoms with E-state index in [1.54, 1.807) is 12.1 Å². The lowest BCUT2D eigenvalue weighted by atomic mass is 10.1. The van der Waals surface area contributed by atoms with Gasteiger partial charge in [-0.15, -0.1) is 0 Å². The van der Waals surface area contributed by atoms with Gasteiger partial charge in [0.15, 0.2) is 0 Å². The van der Waals surface area contributed by atoms with E-state index in [4.69, 9.17) is 0 Å². The summed E-state index contributed by atoms with van der Waals surface area (Å²) in [7, 11) is -1.62. The van der Waals surface area contributed by atoms with Gasteiger partial charge in [0.2, 0.25) is 0 Å². The van der Waals surface area contributed by atoms with Gasteiger partial charge >= 0.3 is 0 Å². The predicted molar refractivity (Wildman–Crippen MR) is 54.4 cm³/mol. The smallest absolute Gasteiger partial charge is 0.212 e. The molecule has 0 unspecified atom stereocenters. The molecule has 0 saturated heterocycles. The minimum atomic E-state index is -2.17. The zero-order valence-electron chi connectivity index (χ0n) is 8.07. The third kappa shape index (κ3) is 2.48. The molecule has 0 N–H and O–H groups in total. The van der Waals surface area contributed by atoms with Gasteiger partial charge in [0, 0.05) is 0 Å². The molecular weight excluding hydrogens is 205 g/mol. The quantitative estimate of drug-likeness (QED) is 0.664. The van der Waals surface area contributed by atoms with Crippen LogP contribution in [0.15, 0.2) is 29.7 Å². The summed E-state index contributed by atoms with van der Waals surface area (Å²) >= 11 is 0. The summed E-state index contributed by atoms with van der Waals surface area (Å²) in [5.41, 5.74) is 0.733. The van der Waals surface area contributed by atoms with E-state index in [9.17, 15) is 13.2 Å². The highest BCUT2D eigenvalue weighted by molar-refractivity contribution is 6.60. The molecule has 0 saturated carbocycles. The number of halogens is 3. The summed E-state index contributed by atoms with van der Waals surface area (Å²) in [5.74, 6) is 0. The van der Waals surface area contributed by atoms with E-state index in [1.165, 1.54) is 0 Å². The van der Waals surface area contributed by atoms with Crippen molar-refractivity contribution in [1.29, 1.82) is 0 Å². The van der Waals surface area contributed by atoms with Crippen LogP contribution in [0, 0.1) is 13.8 Å². The Balaban J connectivity index is 2.99. The van der Waals surface area contributed by atoms with Gasteiger partial charge in [-0.1, -0.05) is 23.4 Å². The molecule has 0 nitrogen and oxygen atoms in total. The van der Waals surface area contributed by atoms with Crippen molar-refractivity contribution in [3.63, 3.8) is 0 Å². The van der Waals surface area contributed by atoms with Gasteiger partial charge in [-0.25, -0.2) is 4.39 Å². The summed E-state index contributed by atoms with van der Waals surface area (Å²) in [5, 5.41) is 0.746. The number of aryl methyl sites for hydroxylation is 1. The topological polar surface area (TPSA) is 0 Å². The van der Waals surface area contributed by atoms with Crippen LogP contribution in [-0.4, -0.2) is 9.52 Å². The first-order chi connectivity index (χ1) is 6.52. The molecular formula is C10H11F3Si. The van der Waals surface area contributed by atoms with Crippen LogP contribution in [-0.2, 0) is 0 Å². The first kappa shape index (κ1) is 11.0. The van der Waals surface area contributed by atoms with Crippen molar-refractivity contribution in [2.24, 2.45) is 0 Å². The first-order valence-electron chi connectivity index (χ1n) is 4.27. The van der Waals surface area contributed by atoms with Crippen molar-refractivity contribution in [1.82, 2.24) is 0 Å². The Morgan fingerprint density at radius 3 is 2.36 bits per heavy atom. The predicted octanol–water partition coefficient (Wildman–Crippen LogP) is 2.13. The second kappa shape index (κ2) is 4.46. The van der Waals surface area contributed by atoms with Gasteiger partial charge in [0.25, 0.3) is 6.08 Å². The van der Waals surface area contributed by atoms with Crippen LogP contribution >= 0.6 is 0 Å². The Bertz CT molecular complexity index is 368. The van der Waals surface area contributed by atoms with Crippen LogP contribution in [0.25, 0.3) is 0 Å². The largest absolute Gasteiger partial charge is 0.296 e. The van der Waals surface area contributed by atoms with E-state index in [-0.39, 0.29) is 0 Å². The van der Waals surface area contributed by atoms with Crippen LogP contribution in [0.5, 0.6) is 0 Å². The molecule has 0 atom stereocenters. The highest BCUT2D eigenvalue weighted by atomic mass is 28.2. The average molecular weight is 216 g/mol. The van der Waals surface area contributed by atoms with Gasteiger partial charge in [-0.3, -0.25) is 0 Å². The molecule has 0 aliphatic heterocycles. The Morgan fingerprint density at radius 1 is 1.14 bits per heavy atom. The molecule has 0 spiro atoms. The third-order valence-electron chi connectivity index (χ3n) is 2.27. The molecule has 0 amide bonds. The van der Waals surface area contributed by atoms with E-state index in [1.807, 2.05) is 19.9 Å². The third-order valence-corrected chi connectivity index (χ3v) is 3.99. The summed E-state index contributed by atoms with van der Waals surface area (Å²) in [6, 6.07) is 5.38. The van der Waals surface area contributed by atoms with Crippen molar-refractivity contribution in [3.05, 3.63) is 40.9 Å². The summed E-state index contributed by atoms with van der Waals surface area (Å²) in [6.07, 6.45) is -2.17. The maximum Gasteiger partial charge on any atom is 0.296 e. The number of rotatable bonds is 2. The molecule has 0 radical (unpaired) electrons. The maximum atomic E-state index is 12.7. The summed E-state index contributed by atoms with van der Waals surface area (Å²) in [6.45, 7) is 3.72. The van der Waals surface area contributed by atoms with E-state index >= 15 is 0 Å². The van der Waals surface area contributed by atoms with Gasteiger partial charge in [0.05, 0.1) is 0 Å². The number of benzene rings is 1.